The van der Waals surface area contributed by atoms with Crippen LogP contribution in [-0.4, -0.2) is 4.98 Å². The predicted octanol–water partition coefficient (Wildman–Crippen LogP) is 2.74. The lowest BCUT2D eigenvalue weighted by Crippen LogP contribution is -2.05. The molecule has 1 heterocycles. The number of aromatic amines is 1. The second kappa shape index (κ2) is 3.20. The Labute approximate surface area is 87.9 Å². The highest BCUT2D eigenvalue weighted by Crippen LogP contribution is 2.21. The minimum atomic E-state index is -0.510. The lowest BCUT2D eigenvalue weighted by molar-refractivity contribution is 0.632. The molecule has 0 saturated heterocycles. The van der Waals surface area contributed by atoms with Gasteiger partial charge in [0, 0.05) is 11.8 Å². The molecule has 14 heavy (non-hydrogen) atoms. The van der Waals surface area contributed by atoms with Crippen LogP contribution < -0.4 is 5.43 Å². The number of aryl methyl sites for hydroxylation is 1. The van der Waals surface area contributed by atoms with Gasteiger partial charge in [-0.1, -0.05) is 0 Å². The molecule has 0 saturated carbocycles. The number of hydrogen-bond acceptors (Lipinski definition) is 1. The van der Waals surface area contributed by atoms with Crippen molar-refractivity contribution in [1.29, 1.82) is 0 Å². The van der Waals surface area contributed by atoms with E-state index in [9.17, 15) is 9.18 Å². The number of nitrogens with one attached hydrogen (secondary N) is 1. The molecule has 0 aliphatic rings. The molecule has 0 spiro atoms. The van der Waals surface area contributed by atoms with Crippen molar-refractivity contribution in [3.05, 3.63) is 44.4 Å². The van der Waals surface area contributed by atoms with Crippen molar-refractivity contribution >= 4 is 26.8 Å². The summed E-state index contributed by atoms with van der Waals surface area (Å²) in [6, 6.07) is 4.64. The molecule has 72 valence electrons. The highest BCUT2D eigenvalue weighted by atomic mass is 79.9. The Morgan fingerprint density at radius 2 is 2.14 bits per heavy atom. The number of benzene rings is 1. The van der Waals surface area contributed by atoms with E-state index in [2.05, 4.69) is 20.9 Å². The van der Waals surface area contributed by atoms with Gasteiger partial charge >= 0.3 is 0 Å². The lowest BCUT2D eigenvalue weighted by atomic mass is 10.2. The zero-order valence-electron chi connectivity index (χ0n) is 7.40. The molecular weight excluding hydrogens is 249 g/mol. The smallest absolute Gasteiger partial charge is 0.192 e. The third kappa shape index (κ3) is 1.35. The fourth-order valence-corrected chi connectivity index (χ4v) is 1.74. The number of hydrogen-bond donors (Lipinski definition) is 1. The van der Waals surface area contributed by atoms with Gasteiger partial charge in [-0.05, 0) is 35.0 Å². The summed E-state index contributed by atoms with van der Waals surface area (Å²) < 4.78 is 13.8. The second-order valence-corrected chi connectivity index (χ2v) is 3.95. The summed E-state index contributed by atoms with van der Waals surface area (Å²) in [4.78, 5) is 14.4. The summed E-state index contributed by atoms with van der Waals surface area (Å²) >= 11 is 3.04. The fourth-order valence-electron chi connectivity index (χ4n) is 1.41. The summed E-state index contributed by atoms with van der Waals surface area (Å²) in [5, 5.41) is 0.102. The first-order valence-corrected chi connectivity index (χ1v) is 4.86. The molecule has 2 rings (SSSR count). The van der Waals surface area contributed by atoms with Crippen LogP contribution in [0.15, 0.2) is 27.5 Å². The summed E-state index contributed by atoms with van der Waals surface area (Å²) in [5.41, 5.74) is 0.954. The molecule has 1 aromatic heterocycles. The Morgan fingerprint density at radius 3 is 2.86 bits per heavy atom. The zero-order valence-corrected chi connectivity index (χ0v) is 8.98. The van der Waals surface area contributed by atoms with Crippen molar-refractivity contribution in [2.45, 2.75) is 6.92 Å². The van der Waals surface area contributed by atoms with Gasteiger partial charge in [0.25, 0.3) is 0 Å². The molecule has 4 heteroatoms. The van der Waals surface area contributed by atoms with E-state index in [1.807, 2.05) is 0 Å². The largest absolute Gasteiger partial charge is 0.358 e. The van der Waals surface area contributed by atoms with Gasteiger partial charge in [-0.2, -0.15) is 0 Å². The molecule has 0 aliphatic heterocycles. The van der Waals surface area contributed by atoms with E-state index < -0.39 is 5.82 Å². The van der Waals surface area contributed by atoms with Crippen LogP contribution >= 0.6 is 15.9 Å². The quantitative estimate of drug-likeness (QED) is 0.772. The maximum Gasteiger partial charge on any atom is 0.192 e. The highest BCUT2D eigenvalue weighted by Gasteiger charge is 2.08. The van der Waals surface area contributed by atoms with Crippen LogP contribution in [0.1, 0.15) is 5.69 Å². The van der Waals surface area contributed by atoms with E-state index in [0.29, 0.717) is 9.99 Å². The predicted molar refractivity (Wildman–Crippen MR) is 57.0 cm³/mol. The molecule has 0 radical (unpaired) electrons. The van der Waals surface area contributed by atoms with Gasteiger partial charge in [0.1, 0.15) is 0 Å². The van der Waals surface area contributed by atoms with E-state index in [-0.39, 0.29) is 10.8 Å². The standard InChI is InChI=1S/C10H7BrFNO/c1-5-4-8(14)9-7(13-5)3-2-6(11)10(9)12/h2-4H,1H3,(H,13,14). The third-order valence-electron chi connectivity index (χ3n) is 2.02. The average Bonchev–Trinajstić information content (AvgIpc) is 2.10. The van der Waals surface area contributed by atoms with Crippen molar-refractivity contribution in [2.75, 3.05) is 0 Å². The molecule has 2 aromatic rings. The van der Waals surface area contributed by atoms with E-state index >= 15 is 0 Å². The van der Waals surface area contributed by atoms with Gasteiger partial charge in [-0.15, -0.1) is 0 Å². The average molecular weight is 256 g/mol. The van der Waals surface area contributed by atoms with Crippen LogP contribution in [-0.2, 0) is 0 Å². The SMILES string of the molecule is Cc1cc(=O)c2c(F)c(Br)ccc2[nH]1. The van der Waals surface area contributed by atoms with Gasteiger partial charge in [0.05, 0.1) is 15.4 Å². The molecule has 0 bridgehead atoms. The number of H-pyrrole nitrogens is 1. The van der Waals surface area contributed by atoms with Crippen molar-refractivity contribution in [3.8, 4) is 0 Å². The number of halogens is 2. The Bertz CT molecular complexity index is 562. The third-order valence-corrected chi connectivity index (χ3v) is 2.63. The molecule has 2 nitrogen and oxygen atoms in total. The van der Waals surface area contributed by atoms with Gasteiger partial charge in [-0.3, -0.25) is 4.79 Å². The topological polar surface area (TPSA) is 32.9 Å². The molecule has 1 N–H and O–H groups in total. The van der Waals surface area contributed by atoms with Crippen LogP contribution in [0.2, 0.25) is 0 Å². The monoisotopic (exact) mass is 255 g/mol. The first-order valence-electron chi connectivity index (χ1n) is 4.07. The maximum absolute atomic E-state index is 13.5. The maximum atomic E-state index is 13.5. The van der Waals surface area contributed by atoms with Crippen LogP contribution in [0.5, 0.6) is 0 Å². The Morgan fingerprint density at radius 1 is 1.43 bits per heavy atom. The Hall–Kier alpha value is -1.16. The van der Waals surface area contributed by atoms with Gasteiger partial charge in [0.2, 0.25) is 0 Å². The zero-order chi connectivity index (χ0) is 10.3. The Balaban J connectivity index is 3.03. The van der Waals surface area contributed by atoms with Crippen molar-refractivity contribution in [3.63, 3.8) is 0 Å². The molecule has 0 amide bonds. The van der Waals surface area contributed by atoms with Gasteiger partial charge in [-0.25, -0.2) is 4.39 Å². The number of pyridine rings is 1. The summed E-state index contributed by atoms with van der Waals surface area (Å²) in [7, 11) is 0. The van der Waals surface area contributed by atoms with Gasteiger partial charge < -0.3 is 4.98 Å². The van der Waals surface area contributed by atoms with Crippen LogP contribution in [0, 0.1) is 12.7 Å². The molecular formula is C10H7BrFNO. The Kier molecular flexibility index (Phi) is 2.15. The second-order valence-electron chi connectivity index (χ2n) is 3.10. The lowest BCUT2D eigenvalue weighted by Gasteiger charge is -2.02. The van der Waals surface area contributed by atoms with E-state index in [4.69, 9.17) is 0 Å². The van der Waals surface area contributed by atoms with Crippen molar-refractivity contribution in [1.82, 2.24) is 4.98 Å². The first-order chi connectivity index (χ1) is 6.59. The fraction of sp³-hybridized carbons (Fsp3) is 0.100. The highest BCUT2D eigenvalue weighted by molar-refractivity contribution is 9.10. The number of aromatic nitrogens is 1. The van der Waals surface area contributed by atoms with Crippen LogP contribution in [0.4, 0.5) is 4.39 Å². The van der Waals surface area contributed by atoms with E-state index in [1.165, 1.54) is 6.07 Å². The minimum absolute atomic E-state index is 0.102. The van der Waals surface area contributed by atoms with Crippen LogP contribution in [0.25, 0.3) is 10.9 Å². The summed E-state index contributed by atoms with van der Waals surface area (Å²) in [6.07, 6.45) is 0. The van der Waals surface area contributed by atoms with E-state index in [0.717, 1.165) is 5.69 Å². The molecule has 0 unspecified atom stereocenters. The number of rotatable bonds is 0. The normalized spacial score (nSPS) is 10.8. The summed E-state index contributed by atoms with van der Waals surface area (Å²) in [6.45, 7) is 1.76. The van der Waals surface area contributed by atoms with E-state index in [1.54, 1.807) is 19.1 Å². The molecule has 0 aliphatic carbocycles. The first kappa shape index (κ1) is 9.40. The molecule has 0 fully saturated rings. The molecule has 1 aromatic carbocycles. The van der Waals surface area contributed by atoms with Crippen molar-refractivity contribution in [2.24, 2.45) is 0 Å². The van der Waals surface area contributed by atoms with Crippen LogP contribution in [0.3, 0.4) is 0 Å². The summed E-state index contributed by atoms with van der Waals surface area (Å²) in [5.74, 6) is -0.510. The molecule has 0 atom stereocenters. The van der Waals surface area contributed by atoms with Gasteiger partial charge in [0.15, 0.2) is 11.2 Å². The number of fused-ring (bicyclic) bond motifs is 1. The minimum Gasteiger partial charge on any atom is -0.358 e. The van der Waals surface area contributed by atoms with Crippen molar-refractivity contribution < 1.29 is 4.39 Å².